The first-order valence-corrected chi connectivity index (χ1v) is 23.9. The standard InChI is InChI=1S/C49H84O14/c1-3-5-7-9-11-13-15-17-18-19-21-23-25-27-29-31-33-58-35-38(61-41(51)32-30-28-26-24-22-20-16-14-12-10-8-6-4-2)36-59-48-47(57)45(55)43(53)40(63-48)37-60-49-46(56)44(54)42(52)39(34-50)62-49/h6,8,11-14,17-18,20,22,38-40,42-50,52-57H,3-5,7,9-10,15-16,19,21,23-37H2,1-2H3/b8-6-,13-11-,14-12-,18-17-,22-20-. The van der Waals surface area contributed by atoms with Crippen molar-refractivity contribution in [3.05, 3.63) is 60.8 Å². The number of allylic oxidation sites excluding steroid dienone is 10. The van der Waals surface area contributed by atoms with Crippen molar-refractivity contribution >= 4 is 5.97 Å². The lowest BCUT2D eigenvalue weighted by atomic mass is 9.98. The van der Waals surface area contributed by atoms with Gasteiger partial charge in [-0.25, -0.2) is 0 Å². The van der Waals surface area contributed by atoms with Crippen LogP contribution in [0.3, 0.4) is 0 Å². The van der Waals surface area contributed by atoms with Gasteiger partial charge in [0.15, 0.2) is 12.6 Å². The van der Waals surface area contributed by atoms with Crippen molar-refractivity contribution < 1.29 is 69.0 Å². The number of rotatable bonds is 36. The Labute approximate surface area is 377 Å². The number of hydrogen-bond acceptors (Lipinski definition) is 14. The molecule has 0 aromatic rings. The van der Waals surface area contributed by atoms with Crippen LogP contribution >= 0.6 is 0 Å². The minimum atomic E-state index is -1.72. The van der Waals surface area contributed by atoms with E-state index in [2.05, 4.69) is 74.6 Å². The van der Waals surface area contributed by atoms with Gasteiger partial charge in [0.1, 0.15) is 54.9 Å². The molecule has 364 valence electrons. The molecule has 0 aromatic heterocycles. The van der Waals surface area contributed by atoms with Gasteiger partial charge in [-0.05, 0) is 77.0 Å². The number of hydrogen-bond donors (Lipinski definition) is 7. The number of aliphatic hydroxyl groups excluding tert-OH is 7. The minimum absolute atomic E-state index is 0.0395. The summed E-state index contributed by atoms with van der Waals surface area (Å²) in [6.45, 7) is 3.45. The number of ether oxygens (including phenoxy) is 6. The van der Waals surface area contributed by atoms with Gasteiger partial charge in [-0.3, -0.25) is 4.79 Å². The lowest BCUT2D eigenvalue weighted by Crippen LogP contribution is -2.61. The van der Waals surface area contributed by atoms with E-state index in [0.717, 1.165) is 77.0 Å². The summed E-state index contributed by atoms with van der Waals surface area (Å²) in [5, 5.41) is 72.0. The molecule has 2 heterocycles. The molecule has 11 atom stereocenters. The van der Waals surface area contributed by atoms with Crippen molar-refractivity contribution in [2.75, 3.05) is 33.0 Å². The Morgan fingerprint density at radius 3 is 1.62 bits per heavy atom. The van der Waals surface area contributed by atoms with Gasteiger partial charge in [-0.15, -0.1) is 0 Å². The zero-order valence-corrected chi connectivity index (χ0v) is 38.3. The molecule has 0 spiro atoms. The highest BCUT2D eigenvalue weighted by atomic mass is 16.7. The topological polar surface area (TPSA) is 214 Å². The second kappa shape index (κ2) is 36.9. The molecule has 0 amide bonds. The van der Waals surface area contributed by atoms with E-state index in [-0.39, 0.29) is 19.6 Å². The number of aliphatic hydroxyl groups is 7. The van der Waals surface area contributed by atoms with Crippen LogP contribution in [0.2, 0.25) is 0 Å². The van der Waals surface area contributed by atoms with Crippen molar-refractivity contribution in [1.29, 1.82) is 0 Å². The van der Waals surface area contributed by atoms with E-state index in [9.17, 15) is 40.5 Å². The number of esters is 1. The van der Waals surface area contributed by atoms with E-state index < -0.39 is 86.7 Å². The molecule has 0 bridgehead atoms. The van der Waals surface area contributed by atoms with Gasteiger partial charge in [0.25, 0.3) is 0 Å². The smallest absolute Gasteiger partial charge is 0.306 e. The van der Waals surface area contributed by atoms with Crippen LogP contribution in [0.15, 0.2) is 60.8 Å². The zero-order chi connectivity index (χ0) is 45.9. The molecule has 7 N–H and O–H groups in total. The van der Waals surface area contributed by atoms with Gasteiger partial charge in [0.2, 0.25) is 0 Å². The van der Waals surface area contributed by atoms with Gasteiger partial charge in [0.05, 0.1) is 26.4 Å². The summed E-state index contributed by atoms with van der Waals surface area (Å²) in [5.41, 5.74) is 0. The van der Waals surface area contributed by atoms with Crippen molar-refractivity contribution in [2.24, 2.45) is 0 Å². The maximum absolute atomic E-state index is 12.9. The molecule has 2 rings (SSSR count). The third-order valence-electron chi connectivity index (χ3n) is 11.0. The molecule has 11 unspecified atom stereocenters. The molecular weight excluding hydrogens is 813 g/mol. The molecule has 0 radical (unpaired) electrons. The molecule has 0 aromatic carbocycles. The second-order valence-corrected chi connectivity index (χ2v) is 16.5. The summed E-state index contributed by atoms with van der Waals surface area (Å²) in [6.07, 6.45) is 25.7. The Balaban J connectivity index is 1.82. The van der Waals surface area contributed by atoms with Crippen molar-refractivity contribution in [2.45, 2.75) is 210 Å². The Hall–Kier alpha value is -2.31. The average Bonchev–Trinajstić information content (AvgIpc) is 3.28. The first-order valence-electron chi connectivity index (χ1n) is 23.9. The SMILES string of the molecule is CC/C=C\C/C=C\C/C=C\CCCCCC(=O)OC(COCCCCCCCC/C=C\C/C=C\CCCCC)COC1OC(COC2OC(CO)C(O)C(O)C2O)C(O)C(O)C1O. The highest BCUT2D eigenvalue weighted by Crippen LogP contribution is 2.26. The summed E-state index contributed by atoms with van der Waals surface area (Å²) < 4.78 is 34.1. The molecule has 2 aliphatic rings. The maximum Gasteiger partial charge on any atom is 0.306 e. The normalized spacial score (nSPS) is 27.5. The van der Waals surface area contributed by atoms with Gasteiger partial charge in [-0.1, -0.05) is 120 Å². The summed E-state index contributed by atoms with van der Waals surface area (Å²) in [5.74, 6) is -0.412. The molecular formula is C49H84O14. The largest absolute Gasteiger partial charge is 0.457 e. The fourth-order valence-corrected chi connectivity index (χ4v) is 7.09. The van der Waals surface area contributed by atoms with Crippen LogP contribution in [0.1, 0.15) is 142 Å². The Kier molecular flexibility index (Phi) is 33.2. The van der Waals surface area contributed by atoms with Crippen LogP contribution in [0.25, 0.3) is 0 Å². The van der Waals surface area contributed by atoms with E-state index >= 15 is 0 Å². The number of unbranched alkanes of at least 4 members (excludes halogenated alkanes) is 12. The quantitative estimate of drug-likeness (QED) is 0.0213. The van der Waals surface area contributed by atoms with E-state index in [4.69, 9.17) is 28.4 Å². The Bertz CT molecular complexity index is 1270. The van der Waals surface area contributed by atoms with Crippen molar-refractivity contribution in [3.63, 3.8) is 0 Å². The van der Waals surface area contributed by atoms with Crippen LogP contribution in [0.4, 0.5) is 0 Å². The van der Waals surface area contributed by atoms with Crippen LogP contribution in [-0.2, 0) is 33.2 Å². The highest BCUT2D eigenvalue weighted by Gasteiger charge is 2.47. The van der Waals surface area contributed by atoms with Crippen LogP contribution in [0, 0.1) is 0 Å². The molecule has 2 aliphatic heterocycles. The fourth-order valence-electron chi connectivity index (χ4n) is 7.09. The predicted molar refractivity (Wildman–Crippen MR) is 242 cm³/mol. The molecule has 2 fully saturated rings. The minimum Gasteiger partial charge on any atom is -0.457 e. The summed E-state index contributed by atoms with van der Waals surface area (Å²) in [4.78, 5) is 12.9. The number of carbonyl (C=O) groups is 1. The maximum atomic E-state index is 12.9. The van der Waals surface area contributed by atoms with Crippen LogP contribution in [0.5, 0.6) is 0 Å². The molecule has 14 nitrogen and oxygen atoms in total. The Morgan fingerprint density at radius 2 is 1.03 bits per heavy atom. The van der Waals surface area contributed by atoms with Crippen molar-refractivity contribution in [1.82, 2.24) is 0 Å². The van der Waals surface area contributed by atoms with E-state index in [0.29, 0.717) is 13.0 Å². The first-order chi connectivity index (χ1) is 30.6. The van der Waals surface area contributed by atoms with E-state index in [1.807, 2.05) is 0 Å². The van der Waals surface area contributed by atoms with Gasteiger partial charge >= 0.3 is 5.97 Å². The molecule has 14 heteroatoms. The summed E-state index contributed by atoms with van der Waals surface area (Å²) >= 11 is 0. The third-order valence-corrected chi connectivity index (χ3v) is 11.0. The van der Waals surface area contributed by atoms with Crippen molar-refractivity contribution in [3.8, 4) is 0 Å². The molecule has 0 saturated carbocycles. The van der Waals surface area contributed by atoms with Gasteiger partial charge < -0.3 is 64.2 Å². The third kappa shape index (κ3) is 25.3. The Morgan fingerprint density at radius 1 is 0.540 bits per heavy atom. The summed E-state index contributed by atoms with van der Waals surface area (Å²) in [7, 11) is 0. The molecule has 2 saturated heterocycles. The van der Waals surface area contributed by atoms with Gasteiger partial charge in [0, 0.05) is 13.0 Å². The van der Waals surface area contributed by atoms with Gasteiger partial charge in [-0.2, -0.15) is 0 Å². The second-order valence-electron chi connectivity index (χ2n) is 16.5. The van der Waals surface area contributed by atoms with Crippen LogP contribution in [-0.4, -0.2) is 142 Å². The molecule has 63 heavy (non-hydrogen) atoms. The number of carbonyl (C=O) groups excluding carboxylic acids is 1. The zero-order valence-electron chi connectivity index (χ0n) is 38.3. The fraction of sp³-hybridized carbons (Fsp3) is 0.776. The molecule has 0 aliphatic carbocycles. The average molecular weight is 897 g/mol. The highest BCUT2D eigenvalue weighted by molar-refractivity contribution is 5.69. The summed E-state index contributed by atoms with van der Waals surface area (Å²) in [6, 6.07) is 0. The van der Waals surface area contributed by atoms with E-state index in [1.54, 1.807) is 0 Å². The van der Waals surface area contributed by atoms with E-state index in [1.165, 1.54) is 38.5 Å². The van der Waals surface area contributed by atoms with Crippen LogP contribution < -0.4 is 0 Å². The monoisotopic (exact) mass is 897 g/mol. The first kappa shape index (κ1) is 56.8. The predicted octanol–water partition coefficient (Wildman–Crippen LogP) is 6.18. The lowest BCUT2D eigenvalue weighted by molar-refractivity contribution is -0.332. The lowest BCUT2D eigenvalue weighted by Gasteiger charge is -2.42.